The summed E-state index contributed by atoms with van der Waals surface area (Å²) in [5.74, 6) is 1.28. The molecule has 196 valence electrons. The van der Waals surface area contributed by atoms with E-state index in [4.69, 9.17) is 25.0 Å². The van der Waals surface area contributed by atoms with E-state index < -0.39 is 6.09 Å². The number of likely N-dealkylation sites (tertiary alicyclic amines) is 1. The van der Waals surface area contributed by atoms with Gasteiger partial charge in [-0.15, -0.1) is 0 Å². The molecule has 0 spiro atoms. The second-order valence-electron chi connectivity index (χ2n) is 10.0. The van der Waals surface area contributed by atoms with Crippen LogP contribution < -0.4 is 20.5 Å². The highest BCUT2D eigenvalue weighted by Crippen LogP contribution is 2.47. The van der Waals surface area contributed by atoms with Crippen molar-refractivity contribution in [3.05, 3.63) is 18.5 Å². The zero-order valence-corrected chi connectivity index (χ0v) is 21.1. The molecule has 2 aliphatic heterocycles. The number of rotatable bonds is 7. The van der Waals surface area contributed by atoms with Gasteiger partial charge in [0.1, 0.15) is 23.9 Å². The lowest BCUT2D eigenvalue weighted by Crippen LogP contribution is -2.42. The summed E-state index contributed by atoms with van der Waals surface area (Å²) in [4.78, 5) is 25.7. The van der Waals surface area contributed by atoms with Crippen molar-refractivity contribution in [3.8, 4) is 22.8 Å². The number of piperidine rings is 1. The van der Waals surface area contributed by atoms with Gasteiger partial charge >= 0.3 is 6.09 Å². The molecule has 3 aliphatic rings. The van der Waals surface area contributed by atoms with Crippen LogP contribution in [0.5, 0.6) is 11.5 Å². The Morgan fingerprint density at radius 2 is 1.92 bits per heavy atom. The lowest BCUT2D eigenvalue weighted by atomic mass is 10.0. The predicted octanol–water partition coefficient (Wildman–Crippen LogP) is 2.54. The van der Waals surface area contributed by atoms with Crippen LogP contribution in [0.4, 0.5) is 16.3 Å². The number of nitrogens with two attached hydrogens (primary N) is 1. The van der Waals surface area contributed by atoms with E-state index in [1.807, 2.05) is 10.7 Å². The average Bonchev–Trinajstić information content (AvgIpc) is 3.41. The number of fused-ring (bicyclic) bond motifs is 2. The molecular formula is C25H32N8O4. The van der Waals surface area contributed by atoms with E-state index in [-0.39, 0.29) is 12.9 Å². The predicted molar refractivity (Wildman–Crippen MR) is 138 cm³/mol. The van der Waals surface area contributed by atoms with E-state index in [1.165, 1.54) is 6.33 Å². The van der Waals surface area contributed by atoms with Crippen LogP contribution in [0, 0.1) is 0 Å². The molecule has 2 fully saturated rings. The SMILES string of the molecule is CN(C)C1CCN(CCn2nc(-c3ccc(NC(=O)OC4CC4)c4c3OCO4)c3c(N)ncnc32)CC1. The minimum Gasteiger partial charge on any atom is -0.453 e. The molecule has 4 heterocycles. The third-order valence-electron chi connectivity index (χ3n) is 7.28. The number of anilines is 2. The Bertz CT molecular complexity index is 1310. The summed E-state index contributed by atoms with van der Waals surface area (Å²) < 4.78 is 18.7. The molecule has 2 aromatic heterocycles. The van der Waals surface area contributed by atoms with Gasteiger partial charge in [0.2, 0.25) is 6.79 Å². The first-order chi connectivity index (χ1) is 18.0. The second-order valence-corrected chi connectivity index (χ2v) is 10.0. The van der Waals surface area contributed by atoms with E-state index in [0.29, 0.717) is 57.9 Å². The normalized spacial score (nSPS) is 18.0. The molecule has 6 rings (SSSR count). The quantitative estimate of drug-likeness (QED) is 0.490. The van der Waals surface area contributed by atoms with E-state index in [1.54, 1.807) is 6.07 Å². The van der Waals surface area contributed by atoms with Gasteiger partial charge in [-0.3, -0.25) is 5.32 Å². The van der Waals surface area contributed by atoms with Gasteiger partial charge in [0, 0.05) is 18.2 Å². The van der Waals surface area contributed by atoms with Crippen LogP contribution in [0.15, 0.2) is 18.5 Å². The van der Waals surface area contributed by atoms with Gasteiger partial charge in [0.15, 0.2) is 17.1 Å². The van der Waals surface area contributed by atoms with Gasteiger partial charge in [-0.05, 0) is 65.0 Å². The number of nitrogens with zero attached hydrogens (tertiary/aromatic N) is 6. The zero-order valence-electron chi connectivity index (χ0n) is 21.1. The third-order valence-corrected chi connectivity index (χ3v) is 7.28. The molecule has 0 atom stereocenters. The Morgan fingerprint density at radius 1 is 1.14 bits per heavy atom. The molecule has 1 amide bonds. The van der Waals surface area contributed by atoms with Crippen LogP contribution in [0.3, 0.4) is 0 Å². The number of hydrogen-bond donors (Lipinski definition) is 2. The molecular weight excluding hydrogens is 476 g/mol. The molecule has 0 bridgehead atoms. The fourth-order valence-corrected chi connectivity index (χ4v) is 5.03. The highest BCUT2D eigenvalue weighted by molar-refractivity contribution is 6.01. The van der Waals surface area contributed by atoms with Crippen molar-refractivity contribution >= 4 is 28.6 Å². The lowest BCUT2D eigenvalue weighted by Gasteiger charge is -2.35. The maximum Gasteiger partial charge on any atom is 0.412 e. The minimum atomic E-state index is -0.505. The number of amides is 1. The molecule has 3 aromatic rings. The van der Waals surface area contributed by atoms with Crippen molar-refractivity contribution in [1.82, 2.24) is 29.5 Å². The first-order valence-electron chi connectivity index (χ1n) is 12.7. The Hall–Kier alpha value is -3.64. The lowest BCUT2D eigenvalue weighted by molar-refractivity contribution is 0.141. The fraction of sp³-hybridized carbons (Fsp3) is 0.520. The van der Waals surface area contributed by atoms with Gasteiger partial charge in [-0.1, -0.05) is 0 Å². The summed E-state index contributed by atoms with van der Waals surface area (Å²) in [7, 11) is 4.30. The number of carbonyl (C=O) groups is 1. The minimum absolute atomic E-state index is 0.00198. The summed E-state index contributed by atoms with van der Waals surface area (Å²) in [6.07, 6.45) is 5.08. The first-order valence-corrected chi connectivity index (χ1v) is 12.7. The number of aromatic nitrogens is 4. The van der Waals surface area contributed by atoms with Crippen molar-refractivity contribution in [1.29, 1.82) is 0 Å². The molecule has 12 heteroatoms. The van der Waals surface area contributed by atoms with Crippen molar-refractivity contribution in [3.63, 3.8) is 0 Å². The Balaban J connectivity index is 1.27. The zero-order chi connectivity index (χ0) is 25.5. The fourth-order valence-electron chi connectivity index (χ4n) is 5.03. The maximum atomic E-state index is 12.2. The van der Waals surface area contributed by atoms with Crippen LogP contribution in [-0.4, -0.2) is 88.3 Å². The molecule has 1 aromatic carbocycles. The van der Waals surface area contributed by atoms with Crippen LogP contribution in [0.25, 0.3) is 22.3 Å². The Labute approximate surface area is 214 Å². The summed E-state index contributed by atoms with van der Waals surface area (Å²) >= 11 is 0. The third kappa shape index (κ3) is 4.74. The number of ether oxygens (including phenoxy) is 3. The number of benzene rings is 1. The summed E-state index contributed by atoms with van der Waals surface area (Å²) in [6, 6.07) is 4.24. The molecule has 0 unspecified atom stereocenters. The van der Waals surface area contributed by atoms with Crippen LogP contribution in [0.2, 0.25) is 0 Å². The second kappa shape index (κ2) is 9.67. The largest absolute Gasteiger partial charge is 0.453 e. The van der Waals surface area contributed by atoms with Gasteiger partial charge in [0.25, 0.3) is 0 Å². The highest BCUT2D eigenvalue weighted by Gasteiger charge is 2.30. The highest BCUT2D eigenvalue weighted by atomic mass is 16.7. The smallest absolute Gasteiger partial charge is 0.412 e. The molecule has 37 heavy (non-hydrogen) atoms. The summed E-state index contributed by atoms with van der Waals surface area (Å²) in [5.41, 5.74) is 8.79. The van der Waals surface area contributed by atoms with Gasteiger partial charge < -0.3 is 29.7 Å². The van der Waals surface area contributed by atoms with Gasteiger partial charge in [-0.2, -0.15) is 5.10 Å². The molecule has 0 radical (unpaired) electrons. The Kier molecular flexibility index (Phi) is 6.21. The van der Waals surface area contributed by atoms with Gasteiger partial charge in [-0.25, -0.2) is 19.4 Å². The van der Waals surface area contributed by atoms with Crippen molar-refractivity contribution in [2.24, 2.45) is 0 Å². The monoisotopic (exact) mass is 508 g/mol. The molecule has 3 N–H and O–H groups in total. The van der Waals surface area contributed by atoms with E-state index in [0.717, 1.165) is 45.3 Å². The summed E-state index contributed by atoms with van der Waals surface area (Å²) in [5, 5.41) is 8.35. The van der Waals surface area contributed by atoms with E-state index >= 15 is 0 Å². The van der Waals surface area contributed by atoms with Crippen LogP contribution >= 0.6 is 0 Å². The molecule has 1 saturated carbocycles. The van der Waals surface area contributed by atoms with Crippen molar-refractivity contribution in [2.45, 2.75) is 44.4 Å². The van der Waals surface area contributed by atoms with Crippen molar-refractivity contribution in [2.75, 3.05) is 51.6 Å². The molecule has 12 nitrogen and oxygen atoms in total. The number of hydrogen-bond acceptors (Lipinski definition) is 10. The topological polar surface area (TPSA) is 133 Å². The average molecular weight is 509 g/mol. The number of carbonyl (C=O) groups excluding carboxylic acids is 1. The standard InChI is InChI=1S/C25H32N8O4/c1-31(2)15-7-9-32(10-8-15)11-12-33-24-19(23(26)27-13-28-24)20(30-33)17-5-6-18(22-21(17)35-14-36-22)29-25(34)37-16-3-4-16/h5-6,13,15-16H,3-4,7-12,14H2,1-2H3,(H,29,34)(H2,26,27,28). The number of nitrogen functional groups attached to an aromatic ring is 1. The van der Waals surface area contributed by atoms with Crippen LogP contribution in [0.1, 0.15) is 25.7 Å². The Morgan fingerprint density at radius 3 is 2.68 bits per heavy atom. The maximum absolute atomic E-state index is 12.2. The van der Waals surface area contributed by atoms with Gasteiger partial charge in [0.05, 0.1) is 17.6 Å². The molecule has 1 aliphatic carbocycles. The summed E-state index contributed by atoms with van der Waals surface area (Å²) in [6.45, 7) is 3.69. The van der Waals surface area contributed by atoms with Crippen molar-refractivity contribution < 1.29 is 19.0 Å². The number of nitrogens with one attached hydrogen (secondary N) is 1. The first kappa shape index (κ1) is 23.7. The van der Waals surface area contributed by atoms with Crippen LogP contribution in [-0.2, 0) is 11.3 Å². The van der Waals surface area contributed by atoms with E-state index in [9.17, 15) is 4.79 Å². The molecule has 1 saturated heterocycles. The van der Waals surface area contributed by atoms with E-state index in [2.05, 4.69) is 39.2 Å².